The number of carbonyl (C=O) groups excluding carboxylic acids is 2. The Balaban J connectivity index is 2.38. The van der Waals surface area contributed by atoms with Crippen LogP contribution in [0.2, 0.25) is 0 Å². The summed E-state index contributed by atoms with van der Waals surface area (Å²) in [6.07, 6.45) is 1.51. The summed E-state index contributed by atoms with van der Waals surface area (Å²) in [5.74, 6) is 5.20. The van der Waals surface area contributed by atoms with Gasteiger partial charge in [-0.1, -0.05) is 5.92 Å². The smallest absolute Gasteiger partial charge is 0.409 e. The fraction of sp³-hybridized carbons (Fsp3) is 0.714. The monoisotopic (exact) mass is 266 g/mol. The first kappa shape index (κ1) is 15.4. The van der Waals surface area contributed by atoms with Gasteiger partial charge in [-0.3, -0.25) is 4.79 Å². The minimum absolute atomic E-state index is 0.0812. The molecule has 0 aromatic heterocycles. The fourth-order valence-electron chi connectivity index (χ4n) is 2.27. The number of rotatable bonds is 3. The van der Waals surface area contributed by atoms with Gasteiger partial charge in [0.15, 0.2) is 0 Å². The van der Waals surface area contributed by atoms with Gasteiger partial charge in [0.1, 0.15) is 0 Å². The highest BCUT2D eigenvalue weighted by molar-refractivity contribution is 5.93. The molecule has 1 saturated heterocycles. The van der Waals surface area contributed by atoms with Crippen LogP contribution in [0, 0.1) is 17.8 Å². The highest BCUT2D eigenvalue weighted by Crippen LogP contribution is 2.21. The number of likely N-dealkylation sites (tertiary alicyclic amines) is 1. The van der Waals surface area contributed by atoms with Crippen LogP contribution in [0.3, 0.4) is 0 Å². The number of nitrogens with zero attached hydrogens (tertiary/aromatic N) is 1. The van der Waals surface area contributed by atoms with E-state index in [0.29, 0.717) is 25.6 Å². The average Bonchev–Trinajstić information content (AvgIpc) is 2.39. The van der Waals surface area contributed by atoms with E-state index in [4.69, 9.17) is 4.74 Å². The second-order valence-electron chi connectivity index (χ2n) is 4.66. The van der Waals surface area contributed by atoms with Crippen molar-refractivity contribution in [2.45, 2.75) is 39.7 Å². The van der Waals surface area contributed by atoms with Crippen LogP contribution < -0.4 is 5.32 Å². The summed E-state index contributed by atoms with van der Waals surface area (Å²) in [5.41, 5.74) is 0. The Bertz CT molecular complexity index is 376. The Kier molecular flexibility index (Phi) is 6.20. The van der Waals surface area contributed by atoms with Gasteiger partial charge >= 0.3 is 6.09 Å². The normalized spacial score (nSPS) is 17.1. The number of nitrogens with one attached hydrogen (secondary N) is 1. The predicted molar refractivity (Wildman–Crippen MR) is 72.4 cm³/mol. The summed E-state index contributed by atoms with van der Waals surface area (Å²) >= 11 is 0. The lowest BCUT2D eigenvalue weighted by molar-refractivity contribution is -0.116. The number of carbonyl (C=O) groups is 2. The zero-order valence-corrected chi connectivity index (χ0v) is 11.9. The molecule has 0 saturated carbocycles. The van der Waals surface area contributed by atoms with Crippen LogP contribution >= 0.6 is 0 Å². The molecular weight excluding hydrogens is 244 g/mol. The van der Waals surface area contributed by atoms with Gasteiger partial charge in [-0.15, -0.1) is 0 Å². The van der Waals surface area contributed by atoms with Crippen molar-refractivity contribution in [3.63, 3.8) is 0 Å². The third-order valence-electron chi connectivity index (χ3n) is 3.37. The van der Waals surface area contributed by atoms with Crippen LogP contribution in [0.5, 0.6) is 0 Å². The highest BCUT2D eigenvalue weighted by atomic mass is 16.6. The molecule has 106 valence electrons. The van der Waals surface area contributed by atoms with E-state index in [1.165, 1.54) is 0 Å². The molecule has 1 unspecified atom stereocenters. The summed E-state index contributed by atoms with van der Waals surface area (Å²) in [6.45, 7) is 7.20. The van der Waals surface area contributed by atoms with E-state index in [1.807, 2.05) is 6.92 Å². The van der Waals surface area contributed by atoms with Crippen LogP contribution in [-0.4, -0.2) is 42.6 Å². The van der Waals surface area contributed by atoms with E-state index in [-0.39, 0.29) is 18.0 Å². The van der Waals surface area contributed by atoms with E-state index in [1.54, 1.807) is 18.7 Å². The van der Waals surface area contributed by atoms with Gasteiger partial charge < -0.3 is 15.0 Å². The molecule has 1 heterocycles. The lowest BCUT2D eigenvalue weighted by atomic mass is 9.90. The lowest BCUT2D eigenvalue weighted by Crippen LogP contribution is -2.45. The Labute approximate surface area is 114 Å². The third kappa shape index (κ3) is 4.82. The van der Waals surface area contributed by atoms with Crippen LogP contribution in [0.4, 0.5) is 4.79 Å². The van der Waals surface area contributed by atoms with Gasteiger partial charge in [0.25, 0.3) is 5.91 Å². The topological polar surface area (TPSA) is 58.6 Å². The molecule has 0 spiro atoms. The van der Waals surface area contributed by atoms with Gasteiger partial charge in [-0.05, 0) is 45.5 Å². The van der Waals surface area contributed by atoms with Gasteiger partial charge in [0, 0.05) is 19.1 Å². The lowest BCUT2D eigenvalue weighted by Gasteiger charge is -2.34. The van der Waals surface area contributed by atoms with Crippen molar-refractivity contribution in [1.29, 1.82) is 0 Å². The average molecular weight is 266 g/mol. The van der Waals surface area contributed by atoms with Crippen molar-refractivity contribution in [2.75, 3.05) is 19.7 Å². The molecule has 1 atom stereocenters. The van der Waals surface area contributed by atoms with Crippen molar-refractivity contribution in [1.82, 2.24) is 10.2 Å². The Morgan fingerprint density at radius 1 is 1.42 bits per heavy atom. The summed E-state index contributed by atoms with van der Waals surface area (Å²) in [6, 6.07) is 0.0812. The van der Waals surface area contributed by atoms with Crippen molar-refractivity contribution in [3.8, 4) is 11.8 Å². The van der Waals surface area contributed by atoms with Crippen molar-refractivity contribution in [2.24, 2.45) is 5.92 Å². The Morgan fingerprint density at radius 3 is 2.58 bits per heavy atom. The van der Waals surface area contributed by atoms with Crippen molar-refractivity contribution >= 4 is 12.0 Å². The molecule has 5 nitrogen and oxygen atoms in total. The third-order valence-corrected chi connectivity index (χ3v) is 3.37. The van der Waals surface area contributed by atoms with Gasteiger partial charge in [0.2, 0.25) is 0 Å². The largest absolute Gasteiger partial charge is 0.450 e. The van der Waals surface area contributed by atoms with Crippen LogP contribution in [0.25, 0.3) is 0 Å². The maximum atomic E-state index is 11.6. The molecule has 1 aliphatic rings. The molecule has 1 aliphatic heterocycles. The van der Waals surface area contributed by atoms with Crippen molar-refractivity contribution in [3.05, 3.63) is 0 Å². The quantitative estimate of drug-likeness (QED) is 0.785. The van der Waals surface area contributed by atoms with Gasteiger partial charge in [0.05, 0.1) is 6.61 Å². The molecule has 1 N–H and O–H groups in total. The Morgan fingerprint density at radius 2 is 2.05 bits per heavy atom. The number of hydrogen-bond acceptors (Lipinski definition) is 3. The molecule has 1 fully saturated rings. The maximum absolute atomic E-state index is 11.6. The van der Waals surface area contributed by atoms with Gasteiger partial charge in [-0.2, -0.15) is 0 Å². The second kappa shape index (κ2) is 7.67. The molecule has 0 aromatic carbocycles. The fourth-order valence-corrected chi connectivity index (χ4v) is 2.27. The van der Waals surface area contributed by atoms with Crippen LogP contribution in [0.1, 0.15) is 33.6 Å². The minimum atomic E-state index is -0.241. The van der Waals surface area contributed by atoms with Crippen molar-refractivity contribution < 1.29 is 14.3 Å². The highest BCUT2D eigenvalue weighted by Gasteiger charge is 2.27. The molecule has 1 rings (SSSR count). The van der Waals surface area contributed by atoms with Gasteiger partial charge in [-0.25, -0.2) is 4.79 Å². The number of piperidine rings is 1. The molecule has 0 bridgehead atoms. The summed E-state index contributed by atoms with van der Waals surface area (Å²) < 4.78 is 4.97. The standard InChI is InChI=1S/C14H22N2O3/c1-4-6-13(17)15-11(3)12-7-9-16(10-8-12)14(18)19-5-2/h11-12H,5,7-10H2,1-3H3,(H,15,17). The van der Waals surface area contributed by atoms with E-state index in [0.717, 1.165) is 12.8 Å². The van der Waals surface area contributed by atoms with Crippen LogP contribution in [-0.2, 0) is 9.53 Å². The first-order valence-electron chi connectivity index (χ1n) is 6.73. The number of hydrogen-bond donors (Lipinski definition) is 1. The minimum Gasteiger partial charge on any atom is -0.450 e. The summed E-state index contributed by atoms with van der Waals surface area (Å²) in [5, 5.41) is 2.87. The molecule has 0 aliphatic carbocycles. The number of ether oxygens (including phenoxy) is 1. The zero-order chi connectivity index (χ0) is 14.3. The SMILES string of the molecule is CC#CC(=O)NC(C)C1CCN(C(=O)OCC)CC1. The summed E-state index contributed by atoms with van der Waals surface area (Å²) in [7, 11) is 0. The first-order chi connectivity index (χ1) is 9.08. The first-order valence-corrected chi connectivity index (χ1v) is 6.73. The second-order valence-corrected chi connectivity index (χ2v) is 4.66. The molecule has 19 heavy (non-hydrogen) atoms. The maximum Gasteiger partial charge on any atom is 0.409 e. The van der Waals surface area contributed by atoms with Crippen LogP contribution in [0.15, 0.2) is 0 Å². The molecule has 0 aromatic rings. The zero-order valence-electron chi connectivity index (χ0n) is 11.9. The predicted octanol–water partition coefficient (Wildman–Crippen LogP) is 1.38. The molecule has 5 heteroatoms. The summed E-state index contributed by atoms with van der Waals surface area (Å²) in [4.78, 5) is 24.7. The van der Waals surface area contributed by atoms with E-state index in [2.05, 4.69) is 17.2 Å². The molecule has 0 radical (unpaired) electrons. The number of amides is 2. The van der Waals surface area contributed by atoms with E-state index >= 15 is 0 Å². The molecular formula is C14H22N2O3. The Hall–Kier alpha value is -1.70. The molecule has 2 amide bonds. The van der Waals surface area contributed by atoms with E-state index < -0.39 is 0 Å². The van der Waals surface area contributed by atoms with E-state index in [9.17, 15) is 9.59 Å².